The van der Waals surface area contributed by atoms with Gasteiger partial charge in [-0.1, -0.05) is 51.9 Å². The minimum Gasteiger partial charge on any atom is -0.490 e. The molecule has 0 unspecified atom stereocenters. The largest absolute Gasteiger partial charge is 0.490 e. The summed E-state index contributed by atoms with van der Waals surface area (Å²) >= 11 is 0. The smallest absolute Gasteiger partial charge is 0.165 e. The summed E-state index contributed by atoms with van der Waals surface area (Å²) < 4.78 is 18.7. The Kier molecular flexibility index (Phi) is 8.03. The van der Waals surface area contributed by atoms with Crippen LogP contribution in [0.15, 0.2) is 18.2 Å². The Bertz CT molecular complexity index is 355. The van der Waals surface area contributed by atoms with Gasteiger partial charge in [0.05, 0.1) is 6.61 Å². The molecule has 0 amide bonds. The normalized spacial score (nSPS) is 10.6. The first kappa shape index (κ1) is 15.8. The van der Waals surface area contributed by atoms with Crippen LogP contribution >= 0.6 is 0 Å². The summed E-state index contributed by atoms with van der Waals surface area (Å²) in [6.07, 6.45) is 9.98. The number of benzene rings is 1. The molecule has 2 N–H and O–H groups in total. The fourth-order valence-electron chi connectivity index (χ4n) is 2.05. The number of ether oxygens (including phenoxy) is 1. The van der Waals surface area contributed by atoms with Gasteiger partial charge in [0.1, 0.15) is 0 Å². The summed E-state index contributed by atoms with van der Waals surface area (Å²) in [6.45, 7) is 2.79. The fourth-order valence-corrected chi connectivity index (χ4v) is 2.05. The SMILES string of the molecule is CCCCCCCCCCOc1cc(N)ccc1F. The minimum atomic E-state index is -0.339. The van der Waals surface area contributed by atoms with E-state index in [1.807, 2.05) is 0 Å². The topological polar surface area (TPSA) is 35.2 Å². The van der Waals surface area contributed by atoms with E-state index in [1.165, 1.54) is 44.6 Å². The molecule has 3 heteroatoms. The van der Waals surface area contributed by atoms with Crippen LogP contribution in [0.3, 0.4) is 0 Å². The lowest BCUT2D eigenvalue weighted by atomic mass is 10.1. The predicted molar refractivity (Wildman–Crippen MR) is 78.9 cm³/mol. The zero-order chi connectivity index (χ0) is 13.9. The van der Waals surface area contributed by atoms with Crippen LogP contribution in [-0.2, 0) is 0 Å². The van der Waals surface area contributed by atoms with Crippen LogP contribution < -0.4 is 10.5 Å². The molecule has 0 saturated heterocycles. The Labute approximate surface area is 116 Å². The third-order valence-corrected chi connectivity index (χ3v) is 3.21. The number of nitrogens with two attached hydrogens (primary N) is 1. The molecule has 0 aromatic heterocycles. The van der Waals surface area contributed by atoms with Crippen LogP contribution in [0.25, 0.3) is 0 Å². The zero-order valence-corrected chi connectivity index (χ0v) is 12.0. The molecule has 0 aliphatic heterocycles. The lowest BCUT2D eigenvalue weighted by molar-refractivity contribution is 0.290. The number of hydrogen-bond donors (Lipinski definition) is 1. The molecule has 1 aromatic carbocycles. The number of hydrogen-bond acceptors (Lipinski definition) is 2. The van der Waals surface area contributed by atoms with Crippen molar-refractivity contribution in [3.8, 4) is 5.75 Å². The van der Waals surface area contributed by atoms with Crippen LogP contribution in [0.4, 0.5) is 10.1 Å². The lowest BCUT2D eigenvalue weighted by Gasteiger charge is -2.07. The maximum atomic E-state index is 13.3. The third kappa shape index (κ3) is 7.04. The minimum absolute atomic E-state index is 0.267. The second kappa shape index (κ2) is 9.65. The van der Waals surface area contributed by atoms with Crippen molar-refractivity contribution < 1.29 is 9.13 Å². The van der Waals surface area contributed by atoms with Crippen molar-refractivity contribution in [2.75, 3.05) is 12.3 Å². The second-order valence-corrected chi connectivity index (χ2v) is 5.01. The number of rotatable bonds is 10. The van der Waals surface area contributed by atoms with Gasteiger partial charge in [0.25, 0.3) is 0 Å². The van der Waals surface area contributed by atoms with Crippen molar-refractivity contribution >= 4 is 5.69 Å². The Morgan fingerprint density at radius 2 is 1.63 bits per heavy atom. The van der Waals surface area contributed by atoms with Gasteiger partial charge in [-0.2, -0.15) is 0 Å². The predicted octanol–water partition coefficient (Wildman–Crippen LogP) is 4.93. The maximum absolute atomic E-state index is 13.3. The van der Waals surface area contributed by atoms with E-state index in [1.54, 1.807) is 12.1 Å². The van der Waals surface area contributed by atoms with Gasteiger partial charge in [-0.3, -0.25) is 0 Å². The van der Waals surface area contributed by atoms with E-state index in [0.717, 1.165) is 12.8 Å². The first-order valence-electron chi connectivity index (χ1n) is 7.42. The summed E-state index contributed by atoms with van der Waals surface area (Å²) in [4.78, 5) is 0. The van der Waals surface area contributed by atoms with E-state index in [2.05, 4.69) is 6.92 Å². The first-order valence-corrected chi connectivity index (χ1v) is 7.42. The Balaban J connectivity index is 2.03. The number of unbranched alkanes of at least 4 members (excludes halogenated alkanes) is 7. The van der Waals surface area contributed by atoms with Crippen molar-refractivity contribution in [2.45, 2.75) is 58.3 Å². The van der Waals surface area contributed by atoms with Crippen LogP contribution in [0.5, 0.6) is 5.75 Å². The molecule has 108 valence electrons. The molecule has 0 spiro atoms. The van der Waals surface area contributed by atoms with Gasteiger partial charge in [0, 0.05) is 11.8 Å². The number of nitrogen functional groups attached to an aromatic ring is 1. The standard InChI is InChI=1S/C16H26FNO/c1-2-3-4-5-6-7-8-9-12-19-16-13-14(18)10-11-15(16)17/h10-11,13H,2-9,12,18H2,1H3. The van der Waals surface area contributed by atoms with Crippen LogP contribution in [0.1, 0.15) is 58.3 Å². The highest BCUT2D eigenvalue weighted by atomic mass is 19.1. The number of anilines is 1. The highest BCUT2D eigenvalue weighted by Gasteiger charge is 2.03. The average Bonchev–Trinajstić information content (AvgIpc) is 2.40. The molecule has 19 heavy (non-hydrogen) atoms. The zero-order valence-electron chi connectivity index (χ0n) is 12.0. The Hall–Kier alpha value is -1.25. The quantitative estimate of drug-likeness (QED) is 0.482. The summed E-state index contributed by atoms with van der Waals surface area (Å²) in [5, 5.41) is 0. The van der Waals surface area contributed by atoms with Crippen molar-refractivity contribution in [3.05, 3.63) is 24.0 Å². The van der Waals surface area contributed by atoms with Gasteiger partial charge in [0.2, 0.25) is 0 Å². The van der Waals surface area contributed by atoms with Crippen molar-refractivity contribution in [1.82, 2.24) is 0 Å². The first-order chi connectivity index (χ1) is 9.24. The van der Waals surface area contributed by atoms with Gasteiger partial charge in [0.15, 0.2) is 11.6 Å². The van der Waals surface area contributed by atoms with Crippen molar-refractivity contribution in [3.63, 3.8) is 0 Å². The molecule has 0 atom stereocenters. The molecule has 1 aromatic rings. The van der Waals surface area contributed by atoms with Gasteiger partial charge in [-0.25, -0.2) is 4.39 Å². The molecule has 0 bridgehead atoms. The van der Waals surface area contributed by atoms with Crippen LogP contribution in [0, 0.1) is 5.82 Å². The number of halogens is 1. The van der Waals surface area contributed by atoms with E-state index < -0.39 is 0 Å². The Morgan fingerprint density at radius 3 is 2.32 bits per heavy atom. The van der Waals surface area contributed by atoms with E-state index in [-0.39, 0.29) is 11.6 Å². The lowest BCUT2D eigenvalue weighted by Crippen LogP contribution is -2.00. The highest BCUT2D eigenvalue weighted by Crippen LogP contribution is 2.20. The highest BCUT2D eigenvalue weighted by molar-refractivity contribution is 5.44. The van der Waals surface area contributed by atoms with Gasteiger partial charge >= 0.3 is 0 Å². The Morgan fingerprint density at radius 1 is 1.00 bits per heavy atom. The average molecular weight is 267 g/mol. The molecule has 0 aliphatic rings. The van der Waals surface area contributed by atoms with Crippen LogP contribution in [-0.4, -0.2) is 6.61 Å². The molecule has 0 fully saturated rings. The summed E-state index contributed by atoms with van der Waals surface area (Å²) in [5.74, 6) is -0.0725. The molecule has 0 radical (unpaired) electrons. The fraction of sp³-hybridized carbons (Fsp3) is 0.625. The van der Waals surface area contributed by atoms with Crippen LogP contribution in [0.2, 0.25) is 0 Å². The maximum Gasteiger partial charge on any atom is 0.165 e. The molecule has 2 nitrogen and oxygen atoms in total. The summed E-state index contributed by atoms with van der Waals surface area (Å²) in [7, 11) is 0. The molecular weight excluding hydrogens is 241 g/mol. The molecule has 0 heterocycles. The molecule has 0 saturated carbocycles. The monoisotopic (exact) mass is 267 g/mol. The molecular formula is C16H26FNO. The van der Waals surface area contributed by atoms with E-state index in [9.17, 15) is 4.39 Å². The second-order valence-electron chi connectivity index (χ2n) is 5.01. The van der Waals surface area contributed by atoms with Gasteiger partial charge < -0.3 is 10.5 Å². The molecule has 0 aliphatic carbocycles. The third-order valence-electron chi connectivity index (χ3n) is 3.21. The van der Waals surface area contributed by atoms with Gasteiger partial charge in [-0.15, -0.1) is 0 Å². The van der Waals surface area contributed by atoms with Crippen molar-refractivity contribution in [2.24, 2.45) is 0 Å². The van der Waals surface area contributed by atoms with E-state index in [4.69, 9.17) is 10.5 Å². The molecule has 1 rings (SSSR count). The summed E-state index contributed by atoms with van der Waals surface area (Å²) in [5.41, 5.74) is 6.13. The van der Waals surface area contributed by atoms with E-state index in [0.29, 0.717) is 12.3 Å². The van der Waals surface area contributed by atoms with Crippen molar-refractivity contribution in [1.29, 1.82) is 0 Å². The van der Waals surface area contributed by atoms with E-state index >= 15 is 0 Å². The van der Waals surface area contributed by atoms with Gasteiger partial charge in [-0.05, 0) is 18.6 Å². The summed E-state index contributed by atoms with van der Waals surface area (Å²) in [6, 6.07) is 4.43.